The Morgan fingerprint density at radius 3 is 2.93 bits per heavy atom. The maximum atomic E-state index is 4.57. The summed E-state index contributed by atoms with van der Waals surface area (Å²) in [7, 11) is 0. The van der Waals surface area contributed by atoms with Gasteiger partial charge in [0, 0.05) is 5.39 Å². The third kappa shape index (κ3) is 1.60. The first kappa shape index (κ1) is 9.45. The molecule has 0 aromatic carbocycles. The zero-order valence-electron chi connectivity index (χ0n) is 7.48. The van der Waals surface area contributed by atoms with E-state index < -0.39 is 0 Å². The summed E-state index contributed by atoms with van der Waals surface area (Å²) >= 11 is 6.53. The molecule has 3 rings (SSSR count). The molecule has 74 valence electrons. The van der Waals surface area contributed by atoms with Crippen molar-refractivity contribution in [2.45, 2.75) is 0 Å². The SMILES string of the molecule is Brc1nsc2nc(-c3cccs3)ccc12. The van der Waals surface area contributed by atoms with Gasteiger partial charge in [0.1, 0.15) is 9.43 Å². The molecule has 0 aliphatic heterocycles. The van der Waals surface area contributed by atoms with Crippen molar-refractivity contribution < 1.29 is 0 Å². The van der Waals surface area contributed by atoms with Crippen LogP contribution in [0.1, 0.15) is 0 Å². The summed E-state index contributed by atoms with van der Waals surface area (Å²) in [6.07, 6.45) is 0. The highest BCUT2D eigenvalue weighted by atomic mass is 79.9. The van der Waals surface area contributed by atoms with Crippen molar-refractivity contribution in [3.8, 4) is 10.6 Å². The zero-order chi connectivity index (χ0) is 10.3. The van der Waals surface area contributed by atoms with E-state index in [1.54, 1.807) is 11.3 Å². The number of aromatic nitrogens is 2. The lowest BCUT2D eigenvalue weighted by atomic mass is 10.3. The van der Waals surface area contributed by atoms with E-state index >= 15 is 0 Å². The van der Waals surface area contributed by atoms with Crippen molar-refractivity contribution in [3.05, 3.63) is 34.2 Å². The number of halogens is 1. The molecule has 0 fully saturated rings. The van der Waals surface area contributed by atoms with Crippen molar-refractivity contribution in [2.24, 2.45) is 0 Å². The molecule has 2 nitrogen and oxygen atoms in total. The standard InChI is InChI=1S/C10H5BrN2S2/c11-9-6-3-4-7(8-2-1-5-14-8)12-10(6)15-13-9/h1-5H. The Labute approximate surface area is 103 Å². The Morgan fingerprint density at radius 1 is 1.20 bits per heavy atom. The second kappa shape index (κ2) is 3.66. The summed E-state index contributed by atoms with van der Waals surface area (Å²) in [4.78, 5) is 6.75. The number of pyridine rings is 1. The van der Waals surface area contributed by atoms with E-state index in [2.05, 4.69) is 42.8 Å². The van der Waals surface area contributed by atoms with Crippen LogP contribution in [0.5, 0.6) is 0 Å². The van der Waals surface area contributed by atoms with Crippen molar-refractivity contribution in [2.75, 3.05) is 0 Å². The first-order valence-corrected chi connectivity index (χ1v) is 6.75. The van der Waals surface area contributed by atoms with Gasteiger partial charge in [-0.05, 0) is 51.0 Å². The van der Waals surface area contributed by atoms with Crippen LogP contribution in [0.25, 0.3) is 20.8 Å². The van der Waals surface area contributed by atoms with Gasteiger partial charge in [-0.15, -0.1) is 11.3 Å². The van der Waals surface area contributed by atoms with Gasteiger partial charge < -0.3 is 0 Å². The number of hydrogen-bond donors (Lipinski definition) is 0. The Hall–Kier alpha value is -0.780. The zero-order valence-corrected chi connectivity index (χ0v) is 10.7. The predicted octanol–water partition coefficient (Wildman–Crippen LogP) is 4.18. The number of nitrogens with zero attached hydrogens (tertiary/aromatic N) is 2. The molecule has 0 saturated heterocycles. The fraction of sp³-hybridized carbons (Fsp3) is 0. The average Bonchev–Trinajstić information content (AvgIpc) is 2.88. The van der Waals surface area contributed by atoms with E-state index in [1.165, 1.54) is 16.4 Å². The minimum atomic E-state index is 0.882. The van der Waals surface area contributed by atoms with Gasteiger partial charge in [0.2, 0.25) is 0 Å². The molecule has 3 aromatic rings. The molecular formula is C10H5BrN2S2. The van der Waals surface area contributed by atoms with Crippen molar-refractivity contribution in [1.29, 1.82) is 0 Å². The molecule has 0 spiro atoms. The molecule has 5 heteroatoms. The van der Waals surface area contributed by atoms with Gasteiger partial charge in [-0.1, -0.05) is 6.07 Å². The van der Waals surface area contributed by atoms with Crippen LogP contribution in [0, 0.1) is 0 Å². The Bertz CT molecular complexity index is 601. The summed E-state index contributed by atoms with van der Waals surface area (Å²) in [5.41, 5.74) is 1.02. The highest BCUT2D eigenvalue weighted by Gasteiger charge is 2.07. The van der Waals surface area contributed by atoms with E-state index in [9.17, 15) is 0 Å². The smallest absolute Gasteiger partial charge is 0.145 e. The van der Waals surface area contributed by atoms with Crippen LogP contribution in [0.15, 0.2) is 34.2 Å². The summed E-state index contributed by atoms with van der Waals surface area (Å²) < 4.78 is 5.10. The van der Waals surface area contributed by atoms with Gasteiger partial charge in [-0.3, -0.25) is 0 Å². The summed E-state index contributed by atoms with van der Waals surface area (Å²) in [5.74, 6) is 0. The second-order valence-corrected chi connectivity index (χ2v) is 5.45. The Balaban J connectivity index is 2.23. The fourth-order valence-electron chi connectivity index (χ4n) is 1.36. The number of hydrogen-bond acceptors (Lipinski definition) is 4. The Kier molecular flexibility index (Phi) is 2.31. The maximum absolute atomic E-state index is 4.57. The number of rotatable bonds is 1. The lowest BCUT2D eigenvalue weighted by molar-refractivity contribution is 1.45. The third-order valence-electron chi connectivity index (χ3n) is 2.07. The average molecular weight is 297 g/mol. The van der Waals surface area contributed by atoms with Crippen LogP contribution in [0.3, 0.4) is 0 Å². The number of thiophene rings is 1. The summed E-state index contributed by atoms with van der Waals surface area (Å²) in [6, 6.07) is 8.21. The van der Waals surface area contributed by atoms with Crippen molar-refractivity contribution in [3.63, 3.8) is 0 Å². The first-order chi connectivity index (χ1) is 7.34. The fourth-order valence-corrected chi connectivity index (χ4v) is 3.39. The van der Waals surface area contributed by atoms with Crippen molar-refractivity contribution in [1.82, 2.24) is 9.36 Å². The molecule has 0 bridgehead atoms. The second-order valence-electron chi connectivity index (χ2n) is 3.00. The predicted molar refractivity (Wildman–Crippen MR) is 68.4 cm³/mol. The molecule has 3 aromatic heterocycles. The van der Waals surface area contributed by atoms with Crippen molar-refractivity contribution >= 4 is 49.0 Å². The minimum absolute atomic E-state index is 0.882. The van der Waals surface area contributed by atoms with E-state index in [-0.39, 0.29) is 0 Å². The molecule has 0 atom stereocenters. The highest BCUT2D eigenvalue weighted by Crippen LogP contribution is 2.29. The van der Waals surface area contributed by atoms with Crippen LogP contribution in [-0.2, 0) is 0 Å². The molecule has 0 unspecified atom stereocenters. The van der Waals surface area contributed by atoms with Gasteiger partial charge in [0.15, 0.2) is 0 Å². The summed E-state index contributed by atoms with van der Waals surface area (Å²) in [6.45, 7) is 0. The molecule has 0 aliphatic carbocycles. The molecule has 0 amide bonds. The van der Waals surface area contributed by atoms with Crippen LogP contribution in [-0.4, -0.2) is 9.36 Å². The van der Waals surface area contributed by atoms with Crippen LogP contribution >= 0.6 is 38.8 Å². The van der Waals surface area contributed by atoms with Crippen LogP contribution in [0.4, 0.5) is 0 Å². The molecule has 0 aliphatic rings. The third-order valence-corrected chi connectivity index (χ3v) is 4.56. The van der Waals surface area contributed by atoms with E-state index in [1.807, 2.05) is 12.1 Å². The highest BCUT2D eigenvalue weighted by molar-refractivity contribution is 9.10. The Morgan fingerprint density at radius 2 is 2.13 bits per heavy atom. The maximum Gasteiger partial charge on any atom is 0.145 e. The lowest BCUT2D eigenvalue weighted by Gasteiger charge is -1.95. The quantitative estimate of drug-likeness (QED) is 0.673. The van der Waals surface area contributed by atoms with E-state index in [0.29, 0.717) is 0 Å². The molecule has 15 heavy (non-hydrogen) atoms. The van der Waals surface area contributed by atoms with E-state index in [4.69, 9.17) is 0 Å². The van der Waals surface area contributed by atoms with Gasteiger partial charge in [-0.25, -0.2) is 4.98 Å². The van der Waals surface area contributed by atoms with Crippen LogP contribution in [0.2, 0.25) is 0 Å². The van der Waals surface area contributed by atoms with Crippen LogP contribution < -0.4 is 0 Å². The molecule has 0 saturated carbocycles. The summed E-state index contributed by atoms with van der Waals surface area (Å²) in [5, 5.41) is 3.14. The van der Waals surface area contributed by atoms with Gasteiger partial charge >= 0.3 is 0 Å². The molecule has 3 heterocycles. The first-order valence-electron chi connectivity index (χ1n) is 4.30. The molecule has 0 radical (unpaired) electrons. The molecular weight excluding hydrogens is 292 g/mol. The largest absolute Gasteiger partial charge is 0.234 e. The van der Waals surface area contributed by atoms with Gasteiger partial charge in [0.25, 0.3) is 0 Å². The lowest BCUT2D eigenvalue weighted by Crippen LogP contribution is -1.78. The topological polar surface area (TPSA) is 25.8 Å². The van der Waals surface area contributed by atoms with E-state index in [0.717, 1.165) is 20.5 Å². The monoisotopic (exact) mass is 296 g/mol. The normalized spacial score (nSPS) is 11.0. The molecule has 0 N–H and O–H groups in total. The minimum Gasteiger partial charge on any atom is -0.234 e. The van der Waals surface area contributed by atoms with Gasteiger partial charge in [0.05, 0.1) is 10.6 Å². The number of fused-ring (bicyclic) bond motifs is 1. The van der Waals surface area contributed by atoms with Gasteiger partial charge in [-0.2, -0.15) is 4.37 Å².